The molecule has 0 saturated heterocycles. The second-order valence-corrected chi connectivity index (χ2v) is 5.75. The van der Waals surface area contributed by atoms with Crippen LogP contribution in [0, 0.1) is 11.3 Å². The van der Waals surface area contributed by atoms with Crippen LogP contribution in [0.15, 0.2) is 30.7 Å². The van der Waals surface area contributed by atoms with Gasteiger partial charge in [0.05, 0.1) is 5.56 Å². The average Bonchev–Trinajstić information content (AvgIpc) is 2.78. The Bertz CT molecular complexity index is 616. The Morgan fingerprint density at radius 2 is 2.00 bits per heavy atom. The molecule has 0 fully saturated rings. The summed E-state index contributed by atoms with van der Waals surface area (Å²) < 4.78 is 2.20. The maximum Gasteiger partial charge on any atom is 0.101 e. The Kier molecular flexibility index (Phi) is 4.24. The molecule has 0 atom stereocenters. The van der Waals surface area contributed by atoms with Crippen molar-refractivity contribution >= 4 is 0 Å². The molecule has 2 rings (SSSR count). The molecule has 20 heavy (non-hydrogen) atoms. The van der Waals surface area contributed by atoms with Gasteiger partial charge in [0.25, 0.3) is 0 Å². The maximum atomic E-state index is 9.38. The summed E-state index contributed by atoms with van der Waals surface area (Å²) in [6.07, 6.45) is 5.64. The minimum Gasteiger partial charge on any atom is -0.345 e. The highest BCUT2D eigenvalue weighted by molar-refractivity contribution is 5.44. The summed E-state index contributed by atoms with van der Waals surface area (Å²) in [6, 6.07) is 6.36. The predicted molar refractivity (Wildman–Crippen MR) is 80.7 cm³/mol. The highest BCUT2D eigenvalue weighted by Gasteiger charge is 2.20. The van der Waals surface area contributed by atoms with Gasteiger partial charge in [-0.1, -0.05) is 33.8 Å². The van der Waals surface area contributed by atoms with Crippen molar-refractivity contribution in [3.05, 3.63) is 53.1 Å². The summed E-state index contributed by atoms with van der Waals surface area (Å²) in [6.45, 7) is 9.43. The van der Waals surface area contributed by atoms with E-state index in [9.17, 15) is 5.26 Å². The maximum absolute atomic E-state index is 9.38. The monoisotopic (exact) mass is 267 g/mol. The number of nitriles is 1. The van der Waals surface area contributed by atoms with E-state index < -0.39 is 0 Å². The molecular weight excluding hydrogens is 246 g/mol. The van der Waals surface area contributed by atoms with Crippen LogP contribution < -0.4 is 0 Å². The van der Waals surface area contributed by atoms with Gasteiger partial charge in [0.1, 0.15) is 6.07 Å². The molecule has 0 aliphatic carbocycles. The van der Waals surface area contributed by atoms with Gasteiger partial charge in [-0.05, 0) is 29.0 Å². The van der Waals surface area contributed by atoms with Crippen LogP contribution in [0.2, 0.25) is 0 Å². The molecule has 0 radical (unpaired) electrons. The van der Waals surface area contributed by atoms with E-state index in [0.717, 1.165) is 17.7 Å². The summed E-state index contributed by atoms with van der Waals surface area (Å²) in [7, 11) is 0. The molecule has 0 amide bonds. The minimum atomic E-state index is 0.359. The highest BCUT2D eigenvalue weighted by atomic mass is 15.0. The Balaban J connectivity index is 2.51. The zero-order valence-corrected chi connectivity index (χ0v) is 12.6. The van der Waals surface area contributed by atoms with E-state index in [2.05, 4.69) is 49.4 Å². The third-order valence-corrected chi connectivity index (χ3v) is 3.48. The second-order valence-electron chi connectivity index (χ2n) is 5.75. The van der Waals surface area contributed by atoms with Gasteiger partial charge in [0.15, 0.2) is 0 Å². The number of pyridine rings is 1. The van der Waals surface area contributed by atoms with Gasteiger partial charge in [-0.3, -0.25) is 4.98 Å². The van der Waals surface area contributed by atoms with Gasteiger partial charge >= 0.3 is 0 Å². The molecular formula is C17H21N3. The fourth-order valence-electron chi connectivity index (χ4n) is 2.75. The topological polar surface area (TPSA) is 41.6 Å². The van der Waals surface area contributed by atoms with Gasteiger partial charge < -0.3 is 4.57 Å². The van der Waals surface area contributed by atoms with Crippen LogP contribution in [0.1, 0.15) is 61.9 Å². The van der Waals surface area contributed by atoms with Crippen molar-refractivity contribution in [2.75, 3.05) is 0 Å². The van der Waals surface area contributed by atoms with Crippen LogP contribution in [0.3, 0.4) is 0 Å². The van der Waals surface area contributed by atoms with Crippen LogP contribution >= 0.6 is 0 Å². The smallest absolute Gasteiger partial charge is 0.101 e. The third-order valence-electron chi connectivity index (χ3n) is 3.48. The normalized spacial score (nSPS) is 11.1. The number of hydrogen-bond acceptors (Lipinski definition) is 2. The van der Waals surface area contributed by atoms with Gasteiger partial charge in [-0.25, -0.2) is 0 Å². The molecule has 3 heteroatoms. The van der Waals surface area contributed by atoms with E-state index in [4.69, 9.17) is 0 Å². The molecule has 0 bridgehead atoms. The molecule has 0 unspecified atom stereocenters. The summed E-state index contributed by atoms with van der Waals surface area (Å²) in [5, 5.41) is 9.38. The minimum absolute atomic E-state index is 0.359. The zero-order valence-electron chi connectivity index (χ0n) is 12.6. The fraction of sp³-hybridized carbons (Fsp3) is 0.412. The van der Waals surface area contributed by atoms with Crippen molar-refractivity contribution in [1.82, 2.24) is 9.55 Å². The Morgan fingerprint density at radius 3 is 2.50 bits per heavy atom. The van der Waals surface area contributed by atoms with Gasteiger partial charge in [-0.15, -0.1) is 0 Å². The zero-order chi connectivity index (χ0) is 14.7. The lowest BCUT2D eigenvalue weighted by Crippen LogP contribution is -2.07. The largest absolute Gasteiger partial charge is 0.345 e. The van der Waals surface area contributed by atoms with Crippen molar-refractivity contribution in [3.8, 4) is 6.07 Å². The van der Waals surface area contributed by atoms with Crippen molar-refractivity contribution in [2.45, 2.75) is 46.1 Å². The first kappa shape index (κ1) is 14.3. The summed E-state index contributed by atoms with van der Waals surface area (Å²) >= 11 is 0. The van der Waals surface area contributed by atoms with E-state index in [0.29, 0.717) is 11.8 Å². The lowest BCUT2D eigenvalue weighted by atomic mass is 9.94. The number of rotatable bonds is 4. The van der Waals surface area contributed by atoms with Crippen LogP contribution in [0.5, 0.6) is 0 Å². The van der Waals surface area contributed by atoms with Crippen LogP contribution in [-0.4, -0.2) is 9.55 Å². The fourth-order valence-corrected chi connectivity index (χ4v) is 2.75. The molecule has 2 aromatic heterocycles. The van der Waals surface area contributed by atoms with E-state index in [1.165, 1.54) is 11.3 Å². The molecule has 0 N–H and O–H groups in total. The highest BCUT2D eigenvalue weighted by Crippen LogP contribution is 2.31. The molecule has 0 saturated carbocycles. The second kappa shape index (κ2) is 5.92. The van der Waals surface area contributed by atoms with Crippen molar-refractivity contribution in [1.29, 1.82) is 5.26 Å². The molecule has 0 aliphatic rings. The Hall–Kier alpha value is -2.08. The average molecular weight is 267 g/mol. The Morgan fingerprint density at radius 1 is 1.25 bits per heavy atom. The molecule has 0 aromatic carbocycles. The first-order valence-electron chi connectivity index (χ1n) is 7.06. The van der Waals surface area contributed by atoms with Crippen molar-refractivity contribution in [2.24, 2.45) is 0 Å². The first-order valence-corrected chi connectivity index (χ1v) is 7.06. The molecule has 2 heterocycles. The molecule has 3 nitrogen and oxygen atoms in total. The van der Waals surface area contributed by atoms with Gasteiger partial charge in [-0.2, -0.15) is 5.26 Å². The van der Waals surface area contributed by atoms with E-state index >= 15 is 0 Å². The van der Waals surface area contributed by atoms with Crippen LogP contribution in [0.4, 0.5) is 0 Å². The van der Waals surface area contributed by atoms with E-state index in [1.54, 1.807) is 6.20 Å². The van der Waals surface area contributed by atoms with Crippen LogP contribution in [-0.2, 0) is 6.54 Å². The standard InChI is InChI=1S/C17H21N3/c1-12(2)16-15(8-18)11-20(17(16)13(3)4)10-14-6-5-7-19-9-14/h5-7,9,11-13H,10H2,1-4H3. The summed E-state index contributed by atoms with van der Waals surface area (Å²) in [4.78, 5) is 4.16. The van der Waals surface area contributed by atoms with E-state index in [-0.39, 0.29) is 0 Å². The molecule has 0 aliphatic heterocycles. The number of nitrogens with zero attached hydrogens (tertiary/aromatic N) is 3. The first-order chi connectivity index (χ1) is 9.54. The quantitative estimate of drug-likeness (QED) is 0.838. The third kappa shape index (κ3) is 2.75. The predicted octanol–water partition coefficient (Wildman–Crippen LogP) is 4.05. The number of hydrogen-bond donors (Lipinski definition) is 0. The van der Waals surface area contributed by atoms with Crippen molar-refractivity contribution < 1.29 is 0 Å². The van der Waals surface area contributed by atoms with Crippen LogP contribution in [0.25, 0.3) is 0 Å². The Labute approximate surface area is 120 Å². The lowest BCUT2D eigenvalue weighted by molar-refractivity contribution is 0.672. The SMILES string of the molecule is CC(C)c1c(C#N)cn(Cc2cccnc2)c1C(C)C. The van der Waals surface area contributed by atoms with E-state index in [1.807, 2.05) is 18.5 Å². The van der Waals surface area contributed by atoms with Crippen molar-refractivity contribution in [3.63, 3.8) is 0 Å². The molecule has 0 spiro atoms. The summed E-state index contributed by atoms with van der Waals surface area (Å²) in [5.74, 6) is 0.753. The lowest BCUT2D eigenvalue weighted by Gasteiger charge is -2.16. The molecule has 2 aromatic rings. The van der Waals surface area contributed by atoms with Gasteiger partial charge in [0.2, 0.25) is 0 Å². The molecule has 104 valence electrons. The number of aromatic nitrogens is 2. The van der Waals surface area contributed by atoms with Gasteiger partial charge in [0, 0.05) is 30.8 Å². The summed E-state index contributed by atoms with van der Waals surface area (Å²) in [5.41, 5.74) is 4.41.